The van der Waals surface area contributed by atoms with Crippen molar-refractivity contribution < 1.29 is 13.9 Å². The van der Waals surface area contributed by atoms with E-state index >= 15 is 0 Å². The zero-order chi connectivity index (χ0) is 15.3. The molecule has 1 heterocycles. The summed E-state index contributed by atoms with van der Waals surface area (Å²) in [6, 6.07) is 15.5. The number of rotatable bonds is 1. The molecule has 0 saturated carbocycles. The van der Waals surface area contributed by atoms with Gasteiger partial charge in [-0.1, -0.05) is 41.9 Å². The minimum Gasteiger partial charge on any atom is -0.507 e. The summed E-state index contributed by atoms with van der Waals surface area (Å²) in [6.45, 7) is 0. The van der Waals surface area contributed by atoms with Gasteiger partial charge in [-0.3, -0.25) is 0 Å². The Labute approximate surface area is 130 Å². The van der Waals surface area contributed by atoms with E-state index < -0.39 is 5.82 Å². The summed E-state index contributed by atoms with van der Waals surface area (Å²) in [5.41, 5.74) is 1.91. The highest BCUT2D eigenvalue weighted by molar-refractivity contribution is 6.31. The van der Waals surface area contributed by atoms with Gasteiger partial charge < -0.3 is 9.52 Å². The Hall–Kier alpha value is -2.52. The number of para-hydroxylation sites is 1. The summed E-state index contributed by atoms with van der Waals surface area (Å²) in [5.74, 6) is -0.574. The Bertz CT molecular complexity index is 1020. The summed E-state index contributed by atoms with van der Waals surface area (Å²) in [4.78, 5) is 0. The number of benzene rings is 3. The van der Waals surface area contributed by atoms with Gasteiger partial charge in [0, 0.05) is 21.9 Å². The van der Waals surface area contributed by atoms with Crippen LogP contribution < -0.4 is 0 Å². The molecule has 0 saturated heterocycles. The number of halogens is 2. The van der Waals surface area contributed by atoms with Crippen LogP contribution in [0.1, 0.15) is 0 Å². The Morgan fingerprint density at radius 2 is 1.68 bits per heavy atom. The third-order valence-corrected chi connectivity index (χ3v) is 4.03. The van der Waals surface area contributed by atoms with E-state index in [2.05, 4.69) is 0 Å². The molecule has 0 bridgehead atoms. The van der Waals surface area contributed by atoms with Crippen molar-refractivity contribution in [2.45, 2.75) is 0 Å². The van der Waals surface area contributed by atoms with Gasteiger partial charge in [0.25, 0.3) is 0 Å². The number of phenolic OH excluding ortho intramolecular Hbond substituents is 1. The average Bonchev–Trinajstić information content (AvgIpc) is 2.87. The number of hydrogen-bond acceptors (Lipinski definition) is 2. The van der Waals surface area contributed by atoms with E-state index in [1.165, 1.54) is 6.07 Å². The van der Waals surface area contributed by atoms with Crippen LogP contribution in [0.4, 0.5) is 4.39 Å². The van der Waals surface area contributed by atoms with Gasteiger partial charge in [0.1, 0.15) is 22.7 Å². The van der Waals surface area contributed by atoms with Crippen LogP contribution in [0, 0.1) is 5.82 Å². The van der Waals surface area contributed by atoms with Crippen molar-refractivity contribution in [1.82, 2.24) is 0 Å². The molecule has 108 valence electrons. The summed E-state index contributed by atoms with van der Waals surface area (Å²) >= 11 is 5.82. The lowest BCUT2D eigenvalue weighted by Gasteiger charge is -2.07. The van der Waals surface area contributed by atoms with Crippen LogP contribution in [0.5, 0.6) is 5.75 Å². The van der Waals surface area contributed by atoms with Crippen LogP contribution in [0.25, 0.3) is 33.1 Å². The van der Waals surface area contributed by atoms with Crippen LogP contribution in [-0.4, -0.2) is 5.11 Å². The Morgan fingerprint density at radius 1 is 0.864 bits per heavy atom. The Kier molecular flexibility index (Phi) is 2.84. The third kappa shape index (κ3) is 1.86. The average molecular weight is 313 g/mol. The van der Waals surface area contributed by atoms with E-state index in [9.17, 15) is 9.50 Å². The van der Waals surface area contributed by atoms with E-state index in [4.69, 9.17) is 16.0 Å². The van der Waals surface area contributed by atoms with Crippen molar-refractivity contribution >= 4 is 33.5 Å². The van der Waals surface area contributed by atoms with Gasteiger partial charge in [0.2, 0.25) is 0 Å². The molecule has 0 aliphatic heterocycles. The van der Waals surface area contributed by atoms with Crippen molar-refractivity contribution in [3.8, 4) is 16.9 Å². The first-order valence-electron chi connectivity index (χ1n) is 6.74. The molecule has 3 aromatic carbocycles. The number of hydrogen-bond donors (Lipinski definition) is 1. The Balaban J connectivity index is 2.05. The molecule has 4 aromatic rings. The van der Waals surface area contributed by atoms with Crippen molar-refractivity contribution in [2.24, 2.45) is 0 Å². The first-order chi connectivity index (χ1) is 10.6. The predicted molar refractivity (Wildman–Crippen MR) is 85.8 cm³/mol. The molecule has 4 rings (SSSR count). The fourth-order valence-electron chi connectivity index (χ4n) is 2.69. The fraction of sp³-hybridized carbons (Fsp3) is 0. The molecular weight excluding hydrogens is 303 g/mol. The van der Waals surface area contributed by atoms with Crippen LogP contribution >= 0.6 is 11.6 Å². The van der Waals surface area contributed by atoms with Gasteiger partial charge in [0.05, 0.1) is 5.02 Å². The van der Waals surface area contributed by atoms with Gasteiger partial charge in [-0.2, -0.15) is 0 Å². The molecule has 0 fully saturated rings. The van der Waals surface area contributed by atoms with E-state index in [0.717, 1.165) is 16.4 Å². The molecule has 22 heavy (non-hydrogen) atoms. The smallest absolute Gasteiger partial charge is 0.149 e. The van der Waals surface area contributed by atoms with Crippen molar-refractivity contribution in [3.63, 3.8) is 0 Å². The largest absolute Gasteiger partial charge is 0.507 e. The number of aromatic hydroxyl groups is 1. The van der Waals surface area contributed by atoms with E-state index in [1.807, 2.05) is 24.3 Å². The van der Waals surface area contributed by atoms with Crippen LogP contribution in [0.15, 0.2) is 59.0 Å². The normalized spacial score (nSPS) is 11.4. The van der Waals surface area contributed by atoms with E-state index in [-0.39, 0.29) is 16.3 Å². The maximum Gasteiger partial charge on any atom is 0.149 e. The first-order valence-corrected chi connectivity index (χ1v) is 7.11. The zero-order valence-corrected chi connectivity index (χ0v) is 12.1. The summed E-state index contributed by atoms with van der Waals surface area (Å²) in [7, 11) is 0. The number of fused-ring (bicyclic) bond motifs is 3. The molecule has 0 radical (unpaired) electrons. The molecule has 0 aliphatic rings. The maximum absolute atomic E-state index is 14.2. The van der Waals surface area contributed by atoms with Gasteiger partial charge in [-0.05, 0) is 24.3 Å². The maximum atomic E-state index is 14.2. The first kappa shape index (κ1) is 13.2. The second kappa shape index (κ2) is 4.75. The molecule has 0 spiro atoms. The van der Waals surface area contributed by atoms with Crippen LogP contribution in [0.3, 0.4) is 0 Å². The lowest BCUT2D eigenvalue weighted by Crippen LogP contribution is -1.86. The highest BCUT2D eigenvalue weighted by Crippen LogP contribution is 2.39. The molecule has 0 amide bonds. The predicted octanol–water partition coefficient (Wildman–Crippen LogP) is 5.75. The lowest BCUT2D eigenvalue weighted by molar-refractivity contribution is 0.477. The Morgan fingerprint density at radius 3 is 2.55 bits per heavy atom. The van der Waals surface area contributed by atoms with Gasteiger partial charge in [0.15, 0.2) is 0 Å². The van der Waals surface area contributed by atoms with Gasteiger partial charge in [-0.25, -0.2) is 4.39 Å². The molecular formula is C18H10ClFO2. The topological polar surface area (TPSA) is 33.4 Å². The van der Waals surface area contributed by atoms with Gasteiger partial charge >= 0.3 is 0 Å². The molecule has 1 aromatic heterocycles. The SMILES string of the molecule is Oc1cc2c(cc1-c1cccc(Cl)c1F)oc1ccccc12. The number of furan rings is 1. The standard InChI is InChI=1S/C18H10ClFO2/c19-14-6-3-5-11(18(14)20)12-9-17-13(8-15(12)21)10-4-1-2-7-16(10)22-17/h1-9,21H. The second-order valence-electron chi connectivity index (χ2n) is 5.07. The molecule has 2 nitrogen and oxygen atoms in total. The van der Waals surface area contributed by atoms with Crippen molar-refractivity contribution in [1.29, 1.82) is 0 Å². The minimum absolute atomic E-state index is 0.0137. The molecule has 0 aliphatic carbocycles. The monoisotopic (exact) mass is 312 g/mol. The molecule has 0 unspecified atom stereocenters. The van der Waals surface area contributed by atoms with Crippen LogP contribution in [0.2, 0.25) is 5.02 Å². The summed E-state index contributed by atoms with van der Waals surface area (Å²) in [5, 5.41) is 12.0. The minimum atomic E-state index is -0.560. The third-order valence-electron chi connectivity index (χ3n) is 3.74. The zero-order valence-electron chi connectivity index (χ0n) is 11.3. The summed E-state index contributed by atoms with van der Waals surface area (Å²) in [6.07, 6.45) is 0. The highest BCUT2D eigenvalue weighted by atomic mass is 35.5. The molecule has 1 N–H and O–H groups in total. The fourth-order valence-corrected chi connectivity index (χ4v) is 2.86. The van der Waals surface area contributed by atoms with Gasteiger partial charge in [-0.15, -0.1) is 0 Å². The van der Waals surface area contributed by atoms with E-state index in [0.29, 0.717) is 11.1 Å². The van der Waals surface area contributed by atoms with Crippen LogP contribution in [-0.2, 0) is 0 Å². The van der Waals surface area contributed by atoms with Crippen molar-refractivity contribution in [2.75, 3.05) is 0 Å². The highest BCUT2D eigenvalue weighted by Gasteiger charge is 2.16. The molecule has 4 heteroatoms. The second-order valence-corrected chi connectivity index (χ2v) is 5.47. The quantitative estimate of drug-likeness (QED) is 0.485. The number of phenols is 1. The van der Waals surface area contributed by atoms with Crippen molar-refractivity contribution in [3.05, 3.63) is 65.4 Å². The summed E-state index contributed by atoms with van der Waals surface area (Å²) < 4.78 is 20.0. The lowest BCUT2D eigenvalue weighted by atomic mass is 10.0. The molecule has 0 atom stereocenters. The van der Waals surface area contributed by atoms with E-state index in [1.54, 1.807) is 24.3 Å².